The second-order valence-corrected chi connectivity index (χ2v) is 11.1. The van der Waals surface area contributed by atoms with E-state index >= 15 is 0 Å². The highest BCUT2D eigenvalue weighted by atomic mass is 35.5. The van der Waals surface area contributed by atoms with Gasteiger partial charge < -0.3 is 14.4 Å². The molecule has 0 N–H and O–H groups in total. The molecule has 0 spiro atoms. The Bertz CT molecular complexity index is 1980. The molecule has 0 saturated heterocycles. The number of esters is 1. The molecular weight excluding hydrogens is 574 g/mol. The number of nitrogens with zero attached hydrogens (tertiary/aromatic N) is 3. The molecule has 1 aromatic heterocycles. The summed E-state index contributed by atoms with van der Waals surface area (Å²) >= 11 is 7.56. The third kappa shape index (κ3) is 4.45. The number of carbonyl (C=O) groups excluding carboxylic acids is 2. The normalized spacial score (nSPS) is 17.1. The first-order chi connectivity index (χ1) is 20.3. The second kappa shape index (κ2) is 11.1. The highest BCUT2D eigenvalue weighted by Crippen LogP contribution is 2.38. The molecule has 0 aliphatic carbocycles. The number of benzene rings is 3. The van der Waals surface area contributed by atoms with Crippen LogP contribution >= 0.6 is 22.9 Å². The predicted molar refractivity (Wildman–Crippen MR) is 161 cm³/mol. The number of fused-ring (bicyclic) bond motifs is 2. The van der Waals surface area contributed by atoms with Crippen LogP contribution in [0.3, 0.4) is 0 Å². The van der Waals surface area contributed by atoms with Gasteiger partial charge in [-0.1, -0.05) is 77.5 Å². The van der Waals surface area contributed by atoms with Crippen LogP contribution in [-0.2, 0) is 20.9 Å². The molecule has 1 atom stereocenters. The van der Waals surface area contributed by atoms with Gasteiger partial charge in [0, 0.05) is 16.1 Å². The molecule has 0 unspecified atom stereocenters. The summed E-state index contributed by atoms with van der Waals surface area (Å²) in [5.41, 5.74) is 3.26. The van der Waals surface area contributed by atoms with Gasteiger partial charge in [-0.3, -0.25) is 14.2 Å². The van der Waals surface area contributed by atoms with E-state index in [1.54, 1.807) is 30.9 Å². The van der Waals surface area contributed by atoms with Crippen LogP contribution in [0.5, 0.6) is 5.75 Å². The average molecular weight is 600 g/mol. The minimum absolute atomic E-state index is 0.162. The maximum Gasteiger partial charge on any atom is 0.338 e. The lowest BCUT2D eigenvalue weighted by Gasteiger charge is -2.25. The van der Waals surface area contributed by atoms with Crippen LogP contribution in [0.15, 0.2) is 93.9 Å². The van der Waals surface area contributed by atoms with Crippen LogP contribution in [0.2, 0.25) is 5.02 Å². The van der Waals surface area contributed by atoms with Crippen molar-refractivity contribution in [1.29, 1.82) is 0 Å². The van der Waals surface area contributed by atoms with Crippen molar-refractivity contribution >= 4 is 46.1 Å². The molecule has 4 aromatic rings. The number of anilines is 1. The van der Waals surface area contributed by atoms with Gasteiger partial charge in [-0.15, -0.1) is 0 Å². The van der Waals surface area contributed by atoms with Gasteiger partial charge in [-0.2, -0.15) is 0 Å². The van der Waals surface area contributed by atoms with E-state index in [9.17, 15) is 14.4 Å². The van der Waals surface area contributed by atoms with Crippen molar-refractivity contribution < 1.29 is 19.1 Å². The Morgan fingerprint density at radius 2 is 1.74 bits per heavy atom. The average Bonchev–Trinajstić information content (AvgIpc) is 3.45. The van der Waals surface area contributed by atoms with Crippen molar-refractivity contribution in [3.63, 3.8) is 0 Å². The Labute approximate surface area is 250 Å². The number of amides is 1. The molecular formula is C32H26ClN3O5S. The summed E-state index contributed by atoms with van der Waals surface area (Å²) in [6, 6.07) is 21.1. The molecule has 0 fully saturated rings. The molecule has 10 heteroatoms. The SMILES string of the molecule is CCOC(=O)C1=C(C)N=c2s/c(=C3/C(=O)N(Cc4ccccc4Cl)c4ccccc43)c(=O)n2[C@H]1c1ccccc1OC. The Hall–Kier alpha value is -4.47. The van der Waals surface area contributed by atoms with Crippen molar-refractivity contribution in [1.82, 2.24) is 4.57 Å². The lowest BCUT2D eigenvalue weighted by Crippen LogP contribution is -2.41. The summed E-state index contributed by atoms with van der Waals surface area (Å²) in [4.78, 5) is 48.4. The van der Waals surface area contributed by atoms with Gasteiger partial charge in [0.25, 0.3) is 11.5 Å². The van der Waals surface area contributed by atoms with Crippen molar-refractivity contribution in [3.05, 3.63) is 125 Å². The number of methoxy groups -OCH3 is 1. The third-order valence-corrected chi connectivity index (χ3v) is 8.78. The number of carbonyl (C=O) groups is 2. The van der Waals surface area contributed by atoms with Gasteiger partial charge in [0.2, 0.25) is 0 Å². The molecule has 2 aliphatic heterocycles. The van der Waals surface area contributed by atoms with Crippen molar-refractivity contribution in [2.75, 3.05) is 18.6 Å². The van der Waals surface area contributed by atoms with E-state index in [1.807, 2.05) is 60.7 Å². The van der Waals surface area contributed by atoms with Crippen LogP contribution in [0, 0.1) is 0 Å². The minimum atomic E-state index is -0.864. The summed E-state index contributed by atoms with van der Waals surface area (Å²) in [6.07, 6.45) is 0. The Morgan fingerprint density at radius 1 is 1.02 bits per heavy atom. The molecule has 1 amide bonds. The van der Waals surface area contributed by atoms with E-state index in [4.69, 9.17) is 21.1 Å². The van der Waals surface area contributed by atoms with E-state index in [-0.39, 0.29) is 29.2 Å². The van der Waals surface area contributed by atoms with Crippen LogP contribution in [0.4, 0.5) is 5.69 Å². The molecule has 8 nitrogen and oxygen atoms in total. The van der Waals surface area contributed by atoms with Crippen molar-refractivity contribution in [2.24, 2.45) is 4.99 Å². The van der Waals surface area contributed by atoms with E-state index < -0.39 is 17.6 Å². The number of ether oxygens (including phenoxy) is 2. The van der Waals surface area contributed by atoms with E-state index in [1.165, 1.54) is 11.7 Å². The molecule has 42 heavy (non-hydrogen) atoms. The standard InChI is InChI=1S/C32H26ClN3O5S/c1-4-41-31(39)25-18(2)34-32-36(27(25)21-13-7-10-16-24(21)40-3)30(38)28(42-32)26-20-12-6-9-15-23(20)35(29(26)37)17-19-11-5-8-14-22(19)33/h5-16,27H,4,17H2,1-3H3/b28-26+/t27-/m0/s1. The zero-order valence-corrected chi connectivity index (χ0v) is 24.7. The van der Waals surface area contributed by atoms with Gasteiger partial charge in [-0.05, 0) is 37.6 Å². The van der Waals surface area contributed by atoms with Gasteiger partial charge in [0.05, 0.1) is 42.8 Å². The minimum Gasteiger partial charge on any atom is -0.496 e. The predicted octanol–water partition coefficient (Wildman–Crippen LogP) is 4.38. The Kier molecular flexibility index (Phi) is 7.30. The van der Waals surface area contributed by atoms with E-state index in [0.717, 1.165) is 16.9 Å². The van der Waals surface area contributed by atoms with Gasteiger partial charge in [0.15, 0.2) is 4.80 Å². The molecule has 0 bridgehead atoms. The number of aromatic nitrogens is 1. The van der Waals surface area contributed by atoms with Gasteiger partial charge in [0.1, 0.15) is 16.3 Å². The summed E-state index contributed by atoms with van der Waals surface area (Å²) in [7, 11) is 1.53. The maximum atomic E-state index is 14.4. The Balaban J connectivity index is 1.60. The quantitative estimate of drug-likeness (QED) is 0.307. The lowest BCUT2D eigenvalue weighted by molar-refractivity contribution is -0.139. The molecule has 2 aliphatic rings. The number of halogens is 1. The maximum absolute atomic E-state index is 14.4. The third-order valence-electron chi connectivity index (χ3n) is 7.36. The topological polar surface area (TPSA) is 90.2 Å². The number of allylic oxidation sites excluding steroid dienone is 1. The highest BCUT2D eigenvalue weighted by Gasteiger charge is 2.38. The number of para-hydroxylation sites is 2. The zero-order valence-electron chi connectivity index (χ0n) is 23.1. The molecule has 212 valence electrons. The number of hydrogen-bond acceptors (Lipinski definition) is 7. The smallest absolute Gasteiger partial charge is 0.338 e. The highest BCUT2D eigenvalue weighted by molar-refractivity contribution is 7.07. The fourth-order valence-corrected chi connectivity index (χ4v) is 6.81. The van der Waals surface area contributed by atoms with Crippen molar-refractivity contribution in [2.45, 2.75) is 26.4 Å². The van der Waals surface area contributed by atoms with Crippen LogP contribution < -0.4 is 24.5 Å². The number of thiazole rings is 1. The Morgan fingerprint density at radius 3 is 2.50 bits per heavy atom. The van der Waals surface area contributed by atoms with Gasteiger partial charge >= 0.3 is 5.97 Å². The first kappa shape index (κ1) is 27.7. The van der Waals surface area contributed by atoms with Crippen LogP contribution in [-0.4, -0.2) is 30.2 Å². The molecule has 6 rings (SSSR count). The van der Waals surface area contributed by atoms with Crippen LogP contribution in [0.25, 0.3) is 5.57 Å². The summed E-state index contributed by atoms with van der Waals surface area (Å²) < 4.78 is 12.7. The molecule has 3 aromatic carbocycles. The second-order valence-electron chi connectivity index (χ2n) is 9.74. The summed E-state index contributed by atoms with van der Waals surface area (Å²) in [5, 5.41) is 0.550. The summed E-state index contributed by atoms with van der Waals surface area (Å²) in [5.74, 6) is -0.372. The van der Waals surface area contributed by atoms with Crippen LogP contribution in [0.1, 0.15) is 36.6 Å². The zero-order chi connectivity index (χ0) is 29.5. The van der Waals surface area contributed by atoms with Gasteiger partial charge in [-0.25, -0.2) is 9.79 Å². The first-order valence-electron chi connectivity index (χ1n) is 13.4. The monoisotopic (exact) mass is 599 g/mol. The summed E-state index contributed by atoms with van der Waals surface area (Å²) in [6.45, 7) is 3.85. The molecule has 3 heterocycles. The largest absolute Gasteiger partial charge is 0.496 e. The fourth-order valence-electron chi connectivity index (χ4n) is 5.48. The fraction of sp³-hybridized carbons (Fsp3) is 0.188. The van der Waals surface area contributed by atoms with E-state index in [0.29, 0.717) is 43.7 Å². The number of rotatable bonds is 6. The number of hydrogen-bond donors (Lipinski definition) is 0. The first-order valence-corrected chi connectivity index (χ1v) is 14.5. The lowest BCUT2D eigenvalue weighted by atomic mass is 9.95. The molecule has 0 saturated carbocycles. The van der Waals surface area contributed by atoms with Crippen molar-refractivity contribution in [3.8, 4) is 5.75 Å². The van der Waals surface area contributed by atoms with E-state index in [2.05, 4.69) is 4.99 Å². The molecule has 0 radical (unpaired) electrons.